The van der Waals surface area contributed by atoms with Crippen molar-refractivity contribution in [1.82, 2.24) is 0 Å². The topological polar surface area (TPSA) is 52.6 Å². The summed E-state index contributed by atoms with van der Waals surface area (Å²) in [5, 5.41) is 0. The second-order valence-electron chi connectivity index (χ2n) is 6.88. The molecule has 1 unspecified atom stereocenters. The molecule has 1 atom stereocenters. The Morgan fingerprint density at radius 1 is 0.588 bits per heavy atom. The van der Waals surface area contributed by atoms with Crippen molar-refractivity contribution in [3.8, 4) is 11.5 Å². The van der Waals surface area contributed by atoms with Gasteiger partial charge in [-0.25, -0.2) is 26.3 Å². The van der Waals surface area contributed by atoms with Crippen LogP contribution in [0.3, 0.4) is 0 Å². The van der Waals surface area contributed by atoms with Gasteiger partial charge in [0.1, 0.15) is 0 Å². The fourth-order valence-corrected chi connectivity index (χ4v) is 2.86. The molecule has 0 amide bonds. The van der Waals surface area contributed by atoms with Crippen molar-refractivity contribution in [2.45, 2.75) is 26.7 Å². The van der Waals surface area contributed by atoms with Crippen LogP contribution in [0.5, 0.6) is 11.5 Å². The Morgan fingerprint density at radius 3 is 1.12 bits per heavy atom. The minimum absolute atomic E-state index is 0.0664. The van der Waals surface area contributed by atoms with E-state index in [-0.39, 0.29) is 12.8 Å². The Kier molecular flexibility index (Phi) is 8.16. The molecule has 0 saturated carbocycles. The molecule has 0 saturated heterocycles. The maximum absolute atomic E-state index is 13.8. The Hall–Kier alpha value is -3.32. The Labute approximate surface area is 184 Å². The van der Waals surface area contributed by atoms with E-state index < -0.39 is 93.4 Å². The van der Waals surface area contributed by atoms with Crippen molar-refractivity contribution < 1.29 is 63.0 Å². The SMILES string of the molecule is CCCC(C)C(C(=O)Oc1c(F)c(F)c(F)c(F)c1F)C(=O)Oc1c(F)c(F)c(F)c(F)c1F. The summed E-state index contributed by atoms with van der Waals surface area (Å²) in [7, 11) is 0. The summed E-state index contributed by atoms with van der Waals surface area (Å²) >= 11 is 0. The summed E-state index contributed by atoms with van der Waals surface area (Å²) in [6.07, 6.45) is 0.159. The molecule has 0 aliphatic heterocycles. The highest BCUT2D eigenvalue weighted by Gasteiger charge is 2.39. The summed E-state index contributed by atoms with van der Waals surface area (Å²) in [6.45, 7) is 2.66. The van der Waals surface area contributed by atoms with Crippen LogP contribution in [0.25, 0.3) is 0 Å². The van der Waals surface area contributed by atoms with Gasteiger partial charge >= 0.3 is 11.9 Å². The molecule has 0 aliphatic carbocycles. The smallest absolute Gasteiger partial charge is 0.326 e. The van der Waals surface area contributed by atoms with Gasteiger partial charge in [0.25, 0.3) is 0 Å². The predicted octanol–water partition coefficient (Wildman–Crippen LogP) is 5.64. The van der Waals surface area contributed by atoms with Gasteiger partial charge in [-0.2, -0.15) is 17.6 Å². The molecule has 0 aliphatic rings. The van der Waals surface area contributed by atoms with Crippen LogP contribution in [0.2, 0.25) is 0 Å². The molecule has 0 spiro atoms. The minimum Gasteiger partial charge on any atom is -0.419 e. The lowest BCUT2D eigenvalue weighted by atomic mass is 9.90. The number of carbonyl (C=O) groups excluding carboxylic acids is 2. The van der Waals surface area contributed by atoms with E-state index in [1.54, 1.807) is 0 Å². The maximum Gasteiger partial charge on any atom is 0.326 e. The van der Waals surface area contributed by atoms with Crippen LogP contribution in [0.4, 0.5) is 43.9 Å². The molecule has 34 heavy (non-hydrogen) atoms. The second-order valence-corrected chi connectivity index (χ2v) is 6.88. The molecular formula is C20H12F10O4. The monoisotopic (exact) mass is 506 g/mol. The van der Waals surface area contributed by atoms with Crippen molar-refractivity contribution in [1.29, 1.82) is 0 Å². The standard InChI is InChI=1S/C20H12F10O4/c1-3-4-5(2)6(19(31)33-17-13(27)9(23)7(21)10(24)14(17)28)20(32)34-18-15(29)11(25)8(22)12(26)16(18)30/h5-6H,3-4H2,1-2H3. The van der Waals surface area contributed by atoms with Crippen molar-refractivity contribution in [2.75, 3.05) is 0 Å². The first-order valence-corrected chi connectivity index (χ1v) is 9.22. The molecule has 2 aromatic carbocycles. The molecule has 14 heteroatoms. The lowest BCUT2D eigenvalue weighted by Crippen LogP contribution is -2.37. The number of rotatable bonds is 7. The Morgan fingerprint density at radius 2 is 0.853 bits per heavy atom. The summed E-state index contributed by atoms with van der Waals surface area (Å²) in [4.78, 5) is 24.9. The number of benzene rings is 2. The first kappa shape index (κ1) is 26.9. The normalized spacial score (nSPS) is 12.1. The van der Waals surface area contributed by atoms with E-state index in [9.17, 15) is 53.5 Å². The van der Waals surface area contributed by atoms with E-state index >= 15 is 0 Å². The number of ether oxygens (including phenoxy) is 2. The molecule has 4 nitrogen and oxygen atoms in total. The molecule has 0 N–H and O–H groups in total. The van der Waals surface area contributed by atoms with E-state index in [0.717, 1.165) is 6.92 Å². The highest BCUT2D eigenvalue weighted by atomic mass is 19.2. The quantitative estimate of drug-likeness (QED) is 0.122. The van der Waals surface area contributed by atoms with E-state index in [0.29, 0.717) is 0 Å². The first-order valence-electron chi connectivity index (χ1n) is 9.22. The van der Waals surface area contributed by atoms with Crippen LogP contribution in [-0.2, 0) is 9.59 Å². The van der Waals surface area contributed by atoms with Gasteiger partial charge in [0.05, 0.1) is 0 Å². The fourth-order valence-electron chi connectivity index (χ4n) is 2.86. The molecule has 186 valence electrons. The zero-order chi connectivity index (χ0) is 26.1. The van der Waals surface area contributed by atoms with Crippen molar-refractivity contribution in [2.24, 2.45) is 11.8 Å². The van der Waals surface area contributed by atoms with E-state index in [1.165, 1.54) is 6.92 Å². The van der Waals surface area contributed by atoms with Gasteiger partial charge < -0.3 is 9.47 Å². The largest absolute Gasteiger partial charge is 0.419 e. The summed E-state index contributed by atoms with van der Waals surface area (Å²) in [5.74, 6) is -37.1. The molecule has 2 rings (SSSR count). The number of carbonyl (C=O) groups is 2. The van der Waals surface area contributed by atoms with Crippen molar-refractivity contribution in [3.05, 3.63) is 58.2 Å². The van der Waals surface area contributed by atoms with Gasteiger partial charge in [0.2, 0.25) is 69.7 Å². The van der Waals surface area contributed by atoms with E-state index in [2.05, 4.69) is 9.47 Å². The summed E-state index contributed by atoms with van der Waals surface area (Å²) < 4.78 is 143. The Balaban J connectivity index is 2.49. The minimum atomic E-state index is -2.57. The third kappa shape index (κ3) is 4.80. The zero-order valence-corrected chi connectivity index (χ0v) is 17.0. The van der Waals surface area contributed by atoms with Crippen LogP contribution in [0, 0.1) is 70.0 Å². The fraction of sp³-hybridized carbons (Fsp3) is 0.300. The van der Waals surface area contributed by atoms with Gasteiger partial charge in [0.15, 0.2) is 5.92 Å². The molecule has 2 aromatic rings. The van der Waals surface area contributed by atoms with Crippen molar-refractivity contribution >= 4 is 11.9 Å². The third-order valence-corrected chi connectivity index (χ3v) is 4.57. The average molecular weight is 506 g/mol. The average Bonchev–Trinajstić information content (AvgIpc) is 2.79. The van der Waals surface area contributed by atoms with E-state index in [1.807, 2.05) is 0 Å². The van der Waals surface area contributed by atoms with Crippen LogP contribution < -0.4 is 9.47 Å². The first-order chi connectivity index (χ1) is 15.8. The molecule has 0 bridgehead atoms. The highest BCUT2D eigenvalue weighted by molar-refractivity contribution is 5.97. The molecule has 0 heterocycles. The second kappa shape index (κ2) is 10.3. The summed E-state index contributed by atoms with van der Waals surface area (Å²) in [5.41, 5.74) is 0. The van der Waals surface area contributed by atoms with Gasteiger partial charge in [-0.3, -0.25) is 9.59 Å². The zero-order valence-electron chi connectivity index (χ0n) is 17.0. The lowest BCUT2D eigenvalue weighted by molar-refractivity contribution is -0.154. The molecule has 0 radical (unpaired) electrons. The predicted molar refractivity (Wildman–Crippen MR) is 91.3 cm³/mol. The lowest BCUT2D eigenvalue weighted by Gasteiger charge is -2.21. The summed E-state index contributed by atoms with van der Waals surface area (Å²) in [6, 6.07) is 0. The molecular weight excluding hydrogens is 494 g/mol. The van der Waals surface area contributed by atoms with Gasteiger partial charge in [-0.05, 0) is 12.3 Å². The van der Waals surface area contributed by atoms with E-state index in [4.69, 9.17) is 0 Å². The Bertz CT molecular complexity index is 1010. The van der Waals surface area contributed by atoms with Crippen molar-refractivity contribution in [3.63, 3.8) is 0 Å². The highest BCUT2D eigenvalue weighted by Crippen LogP contribution is 2.33. The number of hydrogen-bond acceptors (Lipinski definition) is 4. The molecule has 0 aromatic heterocycles. The van der Waals surface area contributed by atoms with Crippen LogP contribution in [0.15, 0.2) is 0 Å². The van der Waals surface area contributed by atoms with Gasteiger partial charge in [0, 0.05) is 0 Å². The van der Waals surface area contributed by atoms with Gasteiger partial charge in [-0.15, -0.1) is 0 Å². The number of halogens is 10. The maximum atomic E-state index is 13.8. The number of esters is 2. The molecule has 0 fully saturated rings. The number of hydrogen-bond donors (Lipinski definition) is 0. The van der Waals surface area contributed by atoms with Crippen LogP contribution in [-0.4, -0.2) is 11.9 Å². The van der Waals surface area contributed by atoms with Gasteiger partial charge in [-0.1, -0.05) is 20.3 Å². The van der Waals surface area contributed by atoms with Crippen LogP contribution >= 0.6 is 0 Å². The third-order valence-electron chi connectivity index (χ3n) is 4.57. The van der Waals surface area contributed by atoms with Crippen LogP contribution in [0.1, 0.15) is 26.7 Å².